The lowest BCUT2D eigenvalue weighted by atomic mass is 10.2. The summed E-state index contributed by atoms with van der Waals surface area (Å²) in [6.07, 6.45) is 3.63. The largest absolute Gasteiger partial charge is 0.358 e. The third-order valence-corrected chi connectivity index (χ3v) is 3.47. The molecule has 0 bridgehead atoms. The summed E-state index contributed by atoms with van der Waals surface area (Å²) in [5.74, 6) is 1.70. The predicted molar refractivity (Wildman–Crippen MR) is 68.0 cm³/mol. The van der Waals surface area contributed by atoms with Crippen molar-refractivity contribution in [2.24, 2.45) is 0 Å². The van der Waals surface area contributed by atoms with Crippen LogP contribution < -0.4 is 5.32 Å². The van der Waals surface area contributed by atoms with Crippen molar-refractivity contribution in [1.82, 2.24) is 9.36 Å². The number of hydrogen-bond acceptors (Lipinski definition) is 4. The number of alkyl halides is 1. The molecule has 1 N–H and O–H groups in total. The number of halogens is 1. The quantitative estimate of drug-likeness (QED) is 0.845. The summed E-state index contributed by atoms with van der Waals surface area (Å²) in [7, 11) is 0. The van der Waals surface area contributed by atoms with Crippen molar-refractivity contribution in [3.8, 4) is 0 Å². The van der Waals surface area contributed by atoms with Gasteiger partial charge in [0.2, 0.25) is 5.13 Å². The minimum Gasteiger partial charge on any atom is -0.358 e. The Bertz CT molecular complexity index is 322. The number of nitrogens with one attached hydrogen (secondary N) is 1. The van der Waals surface area contributed by atoms with E-state index in [1.54, 1.807) is 0 Å². The summed E-state index contributed by atoms with van der Waals surface area (Å²) < 4.78 is 4.37. The highest BCUT2D eigenvalue weighted by atomic mass is 79.9. The Kier molecular flexibility index (Phi) is 3.61. The molecule has 1 heterocycles. The van der Waals surface area contributed by atoms with Gasteiger partial charge in [-0.15, -0.1) is 0 Å². The minimum absolute atomic E-state index is 0.444. The van der Waals surface area contributed by atoms with Crippen LogP contribution in [-0.2, 0) is 0 Å². The van der Waals surface area contributed by atoms with Crippen molar-refractivity contribution in [1.29, 1.82) is 0 Å². The number of anilines is 1. The summed E-state index contributed by atoms with van der Waals surface area (Å²) in [6, 6.07) is 0.444. The van der Waals surface area contributed by atoms with E-state index in [-0.39, 0.29) is 0 Å². The average molecular weight is 290 g/mol. The first-order valence-electron chi connectivity index (χ1n) is 5.39. The topological polar surface area (TPSA) is 37.8 Å². The molecular formula is C10H16BrN3S. The van der Waals surface area contributed by atoms with Crippen molar-refractivity contribution >= 4 is 32.6 Å². The van der Waals surface area contributed by atoms with Gasteiger partial charge in [0, 0.05) is 28.3 Å². The zero-order chi connectivity index (χ0) is 10.8. The lowest BCUT2D eigenvalue weighted by molar-refractivity contribution is 0.707. The Morgan fingerprint density at radius 2 is 2.27 bits per heavy atom. The van der Waals surface area contributed by atoms with E-state index in [2.05, 4.69) is 44.5 Å². The number of aromatic nitrogens is 2. The molecule has 3 nitrogen and oxygen atoms in total. The monoisotopic (exact) mass is 289 g/mol. The van der Waals surface area contributed by atoms with Gasteiger partial charge in [0.25, 0.3) is 0 Å². The molecule has 84 valence electrons. The van der Waals surface area contributed by atoms with E-state index in [1.165, 1.54) is 24.4 Å². The molecule has 2 rings (SSSR count). The maximum Gasteiger partial charge on any atom is 0.202 e. The SMILES string of the molecule is CC(Br)CC(C)Nc1nc(C2CC2)ns1. The Morgan fingerprint density at radius 3 is 2.87 bits per heavy atom. The van der Waals surface area contributed by atoms with E-state index >= 15 is 0 Å². The molecule has 1 aromatic rings. The van der Waals surface area contributed by atoms with Crippen LogP contribution in [0.3, 0.4) is 0 Å². The van der Waals surface area contributed by atoms with Crippen LogP contribution in [0.1, 0.15) is 44.9 Å². The van der Waals surface area contributed by atoms with Crippen molar-refractivity contribution < 1.29 is 0 Å². The second-order valence-electron chi connectivity index (χ2n) is 4.29. The number of nitrogens with zero attached hydrogens (tertiary/aromatic N) is 2. The molecule has 1 fully saturated rings. The van der Waals surface area contributed by atoms with E-state index in [9.17, 15) is 0 Å². The van der Waals surface area contributed by atoms with Crippen LogP contribution in [0.15, 0.2) is 0 Å². The molecular weight excluding hydrogens is 274 g/mol. The van der Waals surface area contributed by atoms with Gasteiger partial charge in [-0.2, -0.15) is 4.37 Å². The summed E-state index contributed by atoms with van der Waals surface area (Å²) in [6.45, 7) is 4.34. The highest BCUT2D eigenvalue weighted by molar-refractivity contribution is 9.09. The summed E-state index contributed by atoms with van der Waals surface area (Å²) in [5, 5.41) is 4.36. The van der Waals surface area contributed by atoms with E-state index < -0.39 is 0 Å². The highest BCUT2D eigenvalue weighted by Crippen LogP contribution is 2.39. The predicted octanol–water partition coefficient (Wildman–Crippen LogP) is 3.39. The summed E-state index contributed by atoms with van der Waals surface area (Å²) in [5.41, 5.74) is 0. The molecule has 2 atom stereocenters. The zero-order valence-corrected chi connectivity index (χ0v) is 11.4. The third-order valence-electron chi connectivity index (χ3n) is 2.43. The van der Waals surface area contributed by atoms with Crippen LogP contribution >= 0.6 is 27.5 Å². The lowest BCUT2D eigenvalue weighted by Gasteiger charge is -2.13. The van der Waals surface area contributed by atoms with E-state index in [0.717, 1.165) is 17.4 Å². The molecule has 0 saturated heterocycles. The van der Waals surface area contributed by atoms with Gasteiger partial charge >= 0.3 is 0 Å². The molecule has 0 spiro atoms. The van der Waals surface area contributed by atoms with Gasteiger partial charge in [-0.1, -0.05) is 22.9 Å². The molecule has 0 aliphatic heterocycles. The van der Waals surface area contributed by atoms with Crippen LogP contribution in [0.4, 0.5) is 5.13 Å². The average Bonchev–Trinajstić information content (AvgIpc) is 2.87. The minimum atomic E-state index is 0.444. The number of hydrogen-bond donors (Lipinski definition) is 1. The first kappa shape index (κ1) is 11.3. The molecule has 1 aliphatic carbocycles. The van der Waals surface area contributed by atoms with Gasteiger partial charge < -0.3 is 5.32 Å². The maximum atomic E-state index is 4.50. The fraction of sp³-hybridized carbons (Fsp3) is 0.800. The zero-order valence-electron chi connectivity index (χ0n) is 9.03. The molecule has 15 heavy (non-hydrogen) atoms. The standard InChI is InChI=1S/C10H16BrN3S/c1-6(11)5-7(2)12-10-13-9(14-15-10)8-3-4-8/h6-8H,3-5H2,1-2H3,(H,12,13,14). The molecule has 1 aliphatic rings. The van der Waals surface area contributed by atoms with Crippen LogP contribution in [0.2, 0.25) is 0 Å². The van der Waals surface area contributed by atoms with Gasteiger partial charge in [0.1, 0.15) is 5.82 Å². The highest BCUT2D eigenvalue weighted by Gasteiger charge is 2.27. The second kappa shape index (κ2) is 4.78. The van der Waals surface area contributed by atoms with Crippen LogP contribution in [-0.4, -0.2) is 20.2 Å². The Labute approximate surface area is 103 Å². The van der Waals surface area contributed by atoms with Crippen molar-refractivity contribution in [2.45, 2.75) is 49.9 Å². The Morgan fingerprint density at radius 1 is 1.53 bits per heavy atom. The summed E-state index contributed by atoms with van der Waals surface area (Å²) in [4.78, 5) is 5.04. The van der Waals surface area contributed by atoms with E-state index in [0.29, 0.717) is 16.8 Å². The van der Waals surface area contributed by atoms with Gasteiger partial charge in [-0.3, -0.25) is 0 Å². The van der Waals surface area contributed by atoms with Gasteiger partial charge in [-0.25, -0.2) is 4.98 Å². The molecule has 0 aromatic carbocycles. The lowest BCUT2D eigenvalue weighted by Crippen LogP contribution is -2.18. The first-order chi connectivity index (χ1) is 7.15. The van der Waals surface area contributed by atoms with Gasteiger partial charge in [0.05, 0.1) is 0 Å². The fourth-order valence-electron chi connectivity index (χ4n) is 1.56. The maximum absolute atomic E-state index is 4.50. The molecule has 1 saturated carbocycles. The molecule has 2 unspecified atom stereocenters. The van der Waals surface area contributed by atoms with Crippen LogP contribution in [0.5, 0.6) is 0 Å². The van der Waals surface area contributed by atoms with Gasteiger partial charge in [0.15, 0.2) is 0 Å². The number of rotatable bonds is 5. The third kappa shape index (κ3) is 3.41. The Balaban J connectivity index is 1.86. The second-order valence-corrected chi connectivity index (χ2v) is 6.61. The molecule has 0 amide bonds. The Hall–Kier alpha value is -0.160. The van der Waals surface area contributed by atoms with Crippen molar-refractivity contribution in [3.05, 3.63) is 5.82 Å². The van der Waals surface area contributed by atoms with Gasteiger partial charge in [-0.05, 0) is 26.2 Å². The molecule has 1 aromatic heterocycles. The van der Waals surface area contributed by atoms with Crippen molar-refractivity contribution in [2.75, 3.05) is 5.32 Å². The van der Waals surface area contributed by atoms with Crippen LogP contribution in [0, 0.1) is 0 Å². The molecule has 5 heteroatoms. The smallest absolute Gasteiger partial charge is 0.202 e. The van der Waals surface area contributed by atoms with E-state index in [4.69, 9.17) is 0 Å². The van der Waals surface area contributed by atoms with Crippen molar-refractivity contribution in [3.63, 3.8) is 0 Å². The fourth-order valence-corrected chi connectivity index (χ4v) is 2.88. The van der Waals surface area contributed by atoms with E-state index in [1.807, 2.05) is 0 Å². The first-order valence-corrected chi connectivity index (χ1v) is 7.08. The van der Waals surface area contributed by atoms with Crippen LogP contribution in [0.25, 0.3) is 0 Å². The molecule has 0 radical (unpaired) electrons. The normalized spacial score (nSPS) is 19.9. The summed E-state index contributed by atoms with van der Waals surface area (Å²) >= 11 is 5.04.